The second-order valence-electron chi connectivity index (χ2n) is 2.99. The lowest BCUT2D eigenvalue weighted by Crippen LogP contribution is -2.37. The van der Waals surface area contributed by atoms with Crippen molar-refractivity contribution in [2.24, 2.45) is 0 Å². The van der Waals surface area contributed by atoms with Gasteiger partial charge in [0, 0.05) is 11.5 Å². The summed E-state index contributed by atoms with van der Waals surface area (Å²) in [4.78, 5) is 20.8. The Balaban J connectivity index is 2.36. The molecule has 1 aromatic rings. The molecule has 1 atom stereocenters. The minimum absolute atomic E-state index is 0.264. The largest absolute Gasteiger partial charge is 0.480 e. The fraction of sp³-hybridized carbons (Fsp3) is 0.500. The zero-order valence-electron chi connectivity index (χ0n) is 8.54. The van der Waals surface area contributed by atoms with Crippen LogP contribution in [-0.2, 0) is 15.3 Å². The van der Waals surface area contributed by atoms with E-state index in [2.05, 4.69) is 20.3 Å². The Morgan fingerprint density at radius 1 is 1.69 bits per heavy atom. The molecule has 2 N–H and O–H groups in total. The summed E-state index contributed by atoms with van der Waals surface area (Å²) in [7, 11) is 0. The number of amides is 1. The van der Waals surface area contributed by atoms with Crippen molar-refractivity contribution < 1.29 is 19.3 Å². The molecule has 7 nitrogen and oxygen atoms in total. The van der Waals surface area contributed by atoms with Crippen LogP contribution < -0.4 is 5.32 Å². The molecule has 0 aliphatic heterocycles. The van der Waals surface area contributed by atoms with Crippen molar-refractivity contribution in [3.8, 4) is 0 Å². The summed E-state index contributed by atoms with van der Waals surface area (Å²) in [6.07, 6.45) is 0.377. The monoisotopic (exact) mass is 245 g/mol. The molecule has 0 saturated carbocycles. The first-order chi connectivity index (χ1) is 7.65. The second-order valence-corrected chi connectivity index (χ2v) is 4.02. The predicted octanol–water partition coefficient (Wildman–Crippen LogP) is -0.190. The van der Waals surface area contributed by atoms with Crippen LogP contribution >= 0.6 is 11.8 Å². The van der Waals surface area contributed by atoms with Crippen molar-refractivity contribution in [1.82, 2.24) is 15.6 Å². The molecular formula is C8H11N3O4S. The van der Waals surface area contributed by atoms with Crippen LogP contribution in [0.25, 0.3) is 0 Å². The molecule has 0 fully saturated rings. The van der Waals surface area contributed by atoms with Crippen molar-refractivity contribution in [3.63, 3.8) is 0 Å². The highest BCUT2D eigenvalue weighted by atomic mass is 32.2. The van der Waals surface area contributed by atoms with Gasteiger partial charge < -0.3 is 10.4 Å². The number of aliphatic carboxylic acids is 1. The number of nitrogens with zero attached hydrogens (tertiary/aromatic N) is 2. The van der Waals surface area contributed by atoms with E-state index in [1.807, 2.05) is 0 Å². The maximum Gasteiger partial charge on any atom is 0.327 e. The summed E-state index contributed by atoms with van der Waals surface area (Å²) in [5, 5.41) is 18.2. The third-order valence-electron chi connectivity index (χ3n) is 1.84. The first-order valence-corrected chi connectivity index (χ1v) is 5.59. The van der Waals surface area contributed by atoms with Gasteiger partial charge in [-0.1, -0.05) is 10.3 Å². The topological polar surface area (TPSA) is 105 Å². The van der Waals surface area contributed by atoms with E-state index in [1.165, 1.54) is 11.8 Å². The Kier molecular flexibility index (Phi) is 4.77. The van der Waals surface area contributed by atoms with E-state index in [9.17, 15) is 9.59 Å². The van der Waals surface area contributed by atoms with Crippen LogP contribution in [0.5, 0.6) is 0 Å². The molecule has 0 aliphatic rings. The van der Waals surface area contributed by atoms with Crippen molar-refractivity contribution in [3.05, 3.63) is 11.4 Å². The van der Waals surface area contributed by atoms with Gasteiger partial charge in [-0.3, -0.25) is 4.79 Å². The van der Waals surface area contributed by atoms with Crippen LogP contribution in [-0.4, -0.2) is 39.6 Å². The lowest BCUT2D eigenvalue weighted by Gasteiger charge is -2.09. The number of carboxylic acids is 1. The van der Waals surface area contributed by atoms with Gasteiger partial charge >= 0.3 is 5.97 Å². The van der Waals surface area contributed by atoms with Crippen molar-refractivity contribution in [1.29, 1.82) is 0 Å². The number of carbonyl (C=O) groups is 2. The number of aryl methyl sites for hydroxylation is 1. The Morgan fingerprint density at radius 3 is 2.94 bits per heavy atom. The number of hydrogen-bond donors (Lipinski definition) is 2. The fourth-order valence-corrected chi connectivity index (χ4v) is 1.97. The summed E-state index contributed by atoms with van der Waals surface area (Å²) in [5.41, 5.74) is 1.36. The molecule has 0 spiro atoms. The summed E-state index contributed by atoms with van der Waals surface area (Å²) >= 11 is 1.34. The minimum Gasteiger partial charge on any atom is -0.480 e. The van der Waals surface area contributed by atoms with E-state index in [1.54, 1.807) is 6.92 Å². The molecule has 1 unspecified atom stereocenters. The van der Waals surface area contributed by atoms with Gasteiger partial charge in [0.15, 0.2) is 0 Å². The van der Waals surface area contributed by atoms with Crippen LogP contribution in [0.3, 0.4) is 0 Å². The van der Waals surface area contributed by atoms with Crippen molar-refractivity contribution in [2.45, 2.75) is 18.7 Å². The Bertz CT molecular complexity index is 368. The lowest BCUT2D eigenvalue weighted by atomic mass is 10.3. The summed E-state index contributed by atoms with van der Waals surface area (Å²) < 4.78 is 4.50. The molecular weight excluding hydrogens is 234 g/mol. The van der Waals surface area contributed by atoms with E-state index < -0.39 is 12.0 Å². The van der Waals surface area contributed by atoms with Crippen LogP contribution in [0.1, 0.15) is 11.4 Å². The highest BCUT2D eigenvalue weighted by molar-refractivity contribution is 7.98. The van der Waals surface area contributed by atoms with Gasteiger partial charge in [-0.15, -0.1) is 0 Å². The Labute approximate surface area is 95.5 Å². The van der Waals surface area contributed by atoms with Crippen molar-refractivity contribution in [2.75, 3.05) is 5.75 Å². The molecule has 8 heteroatoms. The van der Waals surface area contributed by atoms with Gasteiger partial charge in [0.05, 0.1) is 0 Å². The smallest absolute Gasteiger partial charge is 0.327 e. The van der Waals surface area contributed by atoms with Crippen LogP contribution in [0.4, 0.5) is 0 Å². The quantitative estimate of drug-likeness (QED) is 0.641. The third-order valence-corrected chi connectivity index (χ3v) is 2.88. The van der Waals surface area contributed by atoms with Crippen LogP contribution in [0.15, 0.2) is 4.63 Å². The van der Waals surface area contributed by atoms with Gasteiger partial charge in [-0.2, -0.15) is 11.8 Å². The number of rotatable bonds is 7. The van der Waals surface area contributed by atoms with Gasteiger partial charge in [-0.05, 0) is 6.92 Å². The summed E-state index contributed by atoms with van der Waals surface area (Å²) in [6, 6.07) is -0.886. The second kappa shape index (κ2) is 6.11. The number of nitrogens with one attached hydrogen (secondary N) is 1. The molecule has 0 radical (unpaired) electrons. The third kappa shape index (κ3) is 3.54. The SMILES string of the molecule is Cc1nonc1CSCC(NC=O)C(=O)O. The first-order valence-electron chi connectivity index (χ1n) is 4.43. The summed E-state index contributed by atoms with van der Waals surface area (Å²) in [5.74, 6) is -0.297. The molecule has 0 bridgehead atoms. The van der Waals surface area contributed by atoms with Gasteiger partial charge in [0.25, 0.3) is 0 Å². The molecule has 1 heterocycles. The molecule has 88 valence electrons. The molecule has 1 aromatic heterocycles. The Hall–Kier alpha value is -1.57. The Morgan fingerprint density at radius 2 is 2.44 bits per heavy atom. The molecule has 0 aliphatic carbocycles. The number of thioether (sulfide) groups is 1. The van der Waals surface area contributed by atoms with E-state index >= 15 is 0 Å². The van der Waals surface area contributed by atoms with Gasteiger partial charge in [0.1, 0.15) is 17.4 Å². The number of carboxylic acid groups (broad SMARTS) is 1. The van der Waals surface area contributed by atoms with Gasteiger partial charge in [-0.25, -0.2) is 9.42 Å². The maximum atomic E-state index is 10.7. The molecule has 0 saturated heterocycles. The highest BCUT2D eigenvalue weighted by Crippen LogP contribution is 2.13. The minimum atomic E-state index is -1.06. The fourth-order valence-electron chi connectivity index (χ4n) is 0.927. The number of hydrogen-bond acceptors (Lipinski definition) is 6. The molecule has 0 aromatic carbocycles. The first kappa shape index (κ1) is 12.5. The predicted molar refractivity (Wildman–Crippen MR) is 55.8 cm³/mol. The van der Waals surface area contributed by atoms with E-state index in [4.69, 9.17) is 5.11 Å². The van der Waals surface area contributed by atoms with Gasteiger partial charge in [0.2, 0.25) is 6.41 Å². The zero-order chi connectivity index (χ0) is 12.0. The maximum absolute atomic E-state index is 10.7. The van der Waals surface area contributed by atoms with Crippen LogP contribution in [0, 0.1) is 6.92 Å². The average Bonchev–Trinajstić information content (AvgIpc) is 2.63. The average molecular weight is 245 g/mol. The molecule has 16 heavy (non-hydrogen) atoms. The molecule has 1 amide bonds. The van der Waals surface area contributed by atoms with Crippen molar-refractivity contribution >= 4 is 24.1 Å². The highest BCUT2D eigenvalue weighted by Gasteiger charge is 2.16. The van der Waals surface area contributed by atoms with E-state index in [0.29, 0.717) is 23.6 Å². The van der Waals surface area contributed by atoms with E-state index in [0.717, 1.165) is 0 Å². The number of aromatic nitrogens is 2. The molecule has 1 rings (SSSR count). The summed E-state index contributed by atoms with van der Waals surface area (Å²) in [6.45, 7) is 1.75. The normalized spacial score (nSPS) is 12.1. The van der Waals surface area contributed by atoms with Crippen LogP contribution in [0.2, 0.25) is 0 Å². The number of carbonyl (C=O) groups excluding carboxylic acids is 1. The lowest BCUT2D eigenvalue weighted by molar-refractivity contribution is -0.139. The van der Waals surface area contributed by atoms with E-state index in [-0.39, 0.29) is 5.75 Å². The zero-order valence-corrected chi connectivity index (χ0v) is 9.36. The standard InChI is InChI=1S/C8H11N3O4S/c1-5-6(11-15-10-5)2-16-3-7(8(13)14)9-4-12/h4,7H,2-3H2,1H3,(H,9,12)(H,13,14).